The molecular weight excluding hydrogens is 408 g/mol. The Kier molecular flexibility index (Phi) is 9.37. The molecule has 1 N–H and O–H groups in total. The molecule has 3 rings (SSSR count). The molecule has 172 valence electrons. The van der Waals surface area contributed by atoms with Crippen molar-refractivity contribution < 1.29 is 23.8 Å². The van der Waals surface area contributed by atoms with Gasteiger partial charge in [-0.15, -0.1) is 0 Å². The Morgan fingerprint density at radius 1 is 0.938 bits per heavy atom. The summed E-state index contributed by atoms with van der Waals surface area (Å²) >= 11 is 0. The topological polar surface area (TPSA) is 77.1 Å². The van der Waals surface area contributed by atoms with E-state index in [0.29, 0.717) is 58.7 Å². The summed E-state index contributed by atoms with van der Waals surface area (Å²) in [5.74, 6) is 1.57. The van der Waals surface area contributed by atoms with E-state index in [1.54, 1.807) is 7.11 Å². The van der Waals surface area contributed by atoms with E-state index in [9.17, 15) is 9.59 Å². The molecule has 2 amide bonds. The van der Waals surface area contributed by atoms with Crippen LogP contribution in [0.25, 0.3) is 0 Å². The van der Waals surface area contributed by atoms with Gasteiger partial charge in [-0.3, -0.25) is 9.59 Å². The highest BCUT2D eigenvalue weighted by Gasteiger charge is 2.27. The fraction of sp³-hybridized carbons (Fsp3) is 0.440. The second-order valence-electron chi connectivity index (χ2n) is 7.77. The van der Waals surface area contributed by atoms with Gasteiger partial charge in [-0.05, 0) is 42.7 Å². The minimum atomic E-state index is -0.0687. The number of carbonyl (C=O) groups is 2. The lowest BCUT2D eigenvalue weighted by atomic mass is 9.95. The van der Waals surface area contributed by atoms with Crippen LogP contribution in [0.2, 0.25) is 0 Å². The fourth-order valence-corrected chi connectivity index (χ4v) is 3.64. The van der Waals surface area contributed by atoms with Gasteiger partial charge in [-0.1, -0.05) is 30.3 Å². The summed E-state index contributed by atoms with van der Waals surface area (Å²) in [6.07, 6.45) is 1.70. The van der Waals surface area contributed by atoms with Gasteiger partial charge >= 0.3 is 0 Å². The van der Waals surface area contributed by atoms with Crippen molar-refractivity contribution in [1.29, 1.82) is 0 Å². The molecule has 1 fully saturated rings. The fourth-order valence-electron chi connectivity index (χ4n) is 3.64. The van der Waals surface area contributed by atoms with Gasteiger partial charge in [0, 0.05) is 32.7 Å². The Morgan fingerprint density at radius 2 is 1.66 bits per heavy atom. The van der Waals surface area contributed by atoms with Crippen LogP contribution in [0.5, 0.6) is 11.5 Å². The zero-order chi connectivity index (χ0) is 22.6. The van der Waals surface area contributed by atoms with Crippen molar-refractivity contribution in [3.63, 3.8) is 0 Å². The minimum absolute atomic E-state index is 0.0372. The SMILES string of the molecule is COCCOc1cccc(CNC(=O)C2CCN(C(=O)CCOc3ccccc3)CC2)c1. The second-order valence-corrected chi connectivity index (χ2v) is 7.77. The van der Waals surface area contributed by atoms with Gasteiger partial charge in [-0.25, -0.2) is 0 Å². The number of ether oxygens (including phenoxy) is 3. The van der Waals surface area contributed by atoms with Crippen LogP contribution in [0.1, 0.15) is 24.8 Å². The second kappa shape index (κ2) is 12.7. The minimum Gasteiger partial charge on any atom is -0.493 e. The predicted octanol–water partition coefficient (Wildman–Crippen LogP) is 3.04. The first kappa shape index (κ1) is 23.6. The maximum atomic E-state index is 12.6. The maximum absolute atomic E-state index is 12.6. The van der Waals surface area contributed by atoms with Gasteiger partial charge in [0.15, 0.2) is 0 Å². The summed E-state index contributed by atoms with van der Waals surface area (Å²) < 4.78 is 16.2. The molecule has 0 atom stereocenters. The Bertz CT molecular complexity index is 850. The number of amides is 2. The van der Waals surface area contributed by atoms with E-state index in [1.807, 2.05) is 59.5 Å². The van der Waals surface area contributed by atoms with Gasteiger partial charge in [0.05, 0.1) is 19.6 Å². The largest absolute Gasteiger partial charge is 0.493 e. The standard InChI is InChI=1S/C25H32N2O5/c1-30-16-17-32-23-9-5-6-20(18-23)19-26-25(29)21-10-13-27(14-11-21)24(28)12-15-31-22-7-3-2-4-8-22/h2-9,18,21H,10-17,19H2,1H3,(H,26,29). The average molecular weight is 441 g/mol. The highest BCUT2D eigenvalue weighted by atomic mass is 16.5. The Balaban J connectivity index is 1.35. The van der Waals surface area contributed by atoms with Crippen LogP contribution in [0, 0.1) is 5.92 Å². The van der Waals surface area contributed by atoms with Crippen molar-refractivity contribution in [2.45, 2.75) is 25.8 Å². The summed E-state index contributed by atoms with van der Waals surface area (Å²) in [7, 11) is 1.64. The maximum Gasteiger partial charge on any atom is 0.225 e. The van der Waals surface area contributed by atoms with Gasteiger partial charge in [0.25, 0.3) is 0 Å². The van der Waals surface area contributed by atoms with E-state index in [2.05, 4.69) is 5.32 Å². The van der Waals surface area contributed by atoms with Crippen LogP contribution >= 0.6 is 0 Å². The zero-order valence-corrected chi connectivity index (χ0v) is 18.6. The highest BCUT2D eigenvalue weighted by Crippen LogP contribution is 2.19. The van der Waals surface area contributed by atoms with Gasteiger partial charge in [0.1, 0.15) is 18.1 Å². The first-order valence-corrected chi connectivity index (χ1v) is 11.1. The molecule has 1 heterocycles. The molecule has 2 aromatic carbocycles. The van der Waals surface area contributed by atoms with Crippen LogP contribution < -0.4 is 14.8 Å². The van der Waals surface area contributed by atoms with E-state index < -0.39 is 0 Å². The zero-order valence-electron chi connectivity index (χ0n) is 18.6. The van der Waals surface area contributed by atoms with Gasteiger partial charge < -0.3 is 24.4 Å². The number of piperidine rings is 1. The lowest BCUT2D eigenvalue weighted by molar-refractivity contribution is -0.136. The molecule has 1 aliphatic rings. The summed E-state index contributed by atoms with van der Waals surface area (Å²) in [4.78, 5) is 26.9. The number of likely N-dealkylation sites (tertiary alicyclic amines) is 1. The number of hydrogen-bond acceptors (Lipinski definition) is 5. The van der Waals surface area contributed by atoms with Gasteiger partial charge in [0.2, 0.25) is 11.8 Å². The van der Waals surface area contributed by atoms with Crippen LogP contribution in [-0.4, -0.2) is 56.7 Å². The third kappa shape index (κ3) is 7.57. The van der Waals surface area contributed by atoms with E-state index in [0.717, 1.165) is 17.1 Å². The summed E-state index contributed by atoms with van der Waals surface area (Å²) in [6, 6.07) is 17.2. The Hall–Kier alpha value is -3.06. The van der Waals surface area contributed by atoms with E-state index in [4.69, 9.17) is 14.2 Å². The highest BCUT2D eigenvalue weighted by molar-refractivity contribution is 5.80. The number of methoxy groups -OCH3 is 1. The van der Waals surface area contributed by atoms with Crippen LogP contribution in [0.3, 0.4) is 0 Å². The van der Waals surface area contributed by atoms with Crippen LogP contribution in [0.4, 0.5) is 0 Å². The third-order valence-corrected chi connectivity index (χ3v) is 5.47. The Morgan fingerprint density at radius 3 is 2.41 bits per heavy atom. The van der Waals surface area contributed by atoms with Crippen molar-refractivity contribution in [2.24, 2.45) is 5.92 Å². The first-order chi connectivity index (χ1) is 15.7. The molecule has 7 heteroatoms. The van der Waals surface area contributed by atoms with Gasteiger partial charge in [-0.2, -0.15) is 0 Å². The predicted molar refractivity (Wildman–Crippen MR) is 122 cm³/mol. The summed E-state index contributed by atoms with van der Waals surface area (Å²) in [5, 5.41) is 3.02. The molecule has 0 aliphatic carbocycles. The van der Waals surface area contributed by atoms with E-state index in [-0.39, 0.29) is 17.7 Å². The quantitative estimate of drug-likeness (QED) is 0.544. The molecule has 0 radical (unpaired) electrons. The van der Waals surface area contributed by atoms with Crippen molar-refractivity contribution in [2.75, 3.05) is 40.0 Å². The van der Waals surface area contributed by atoms with Crippen molar-refractivity contribution in [3.05, 3.63) is 60.2 Å². The van der Waals surface area contributed by atoms with E-state index >= 15 is 0 Å². The molecule has 0 bridgehead atoms. The number of para-hydroxylation sites is 1. The normalized spacial score (nSPS) is 14.1. The smallest absolute Gasteiger partial charge is 0.225 e. The molecule has 7 nitrogen and oxygen atoms in total. The molecular formula is C25H32N2O5. The average Bonchev–Trinajstić information content (AvgIpc) is 2.84. The van der Waals surface area contributed by atoms with Crippen molar-refractivity contribution >= 4 is 11.8 Å². The molecule has 0 saturated carbocycles. The number of rotatable bonds is 11. The molecule has 0 spiro atoms. The van der Waals surface area contributed by atoms with E-state index in [1.165, 1.54) is 0 Å². The molecule has 1 aliphatic heterocycles. The molecule has 32 heavy (non-hydrogen) atoms. The monoisotopic (exact) mass is 440 g/mol. The number of benzene rings is 2. The van der Waals surface area contributed by atoms with Crippen LogP contribution in [0.15, 0.2) is 54.6 Å². The molecule has 2 aromatic rings. The lowest BCUT2D eigenvalue weighted by Gasteiger charge is -2.31. The molecule has 0 unspecified atom stereocenters. The van der Waals surface area contributed by atoms with Crippen molar-refractivity contribution in [1.82, 2.24) is 10.2 Å². The number of hydrogen-bond donors (Lipinski definition) is 1. The molecule has 0 aromatic heterocycles. The number of nitrogens with zero attached hydrogens (tertiary/aromatic N) is 1. The third-order valence-electron chi connectivity index (χ3n) is 5.47. The summed E-state index contributed by atoms with van der Waals surface area (Å²) in [5.41, 5.74) is 0.985. The first-order valence-electron chi connectivity index (χ1n) is 11.1. The van der Waals surface area contributed by atoms with Crippen molar-refractivity contribution in [3.8, 4) is 11.5 Å². The number of nitrogens with one attached hydrogen (secondary N) is 1. The summed E-state index contributed by atoms with van der Waals surface area (Å²) in [6.45, 7) is 3.04. The number of carbonyl (C=O) groups excluding carboxylic acids is 2. The van der Waals surface area contributed by atoms with Crippen LogP contribution in [-0.2, 0) is 20.9 Å². The Labute approximate surface area is 189 Å². The lowest BCUT2D eigenvalue weighted by Crippen LogP contribution is -2.43. The molecule has 1 saturated heterocycles.